The van der Waals surface area contributed by atoms with Gasteiger partial charge >= 0.3 is 10.4 Å². The lowest BCUT2D eigenvalue weighted by molar-refractivity contribution is -0.145. The van der Waals surface area contributed by atoms with Crippen molar-refractivity contribution in [3.8, 4) is 0 Å². The summed E-state index contributed by atoms with van der Waals surface area (Å²) in [7, 11) is -3.43. The van der Waals surface area contributed by atoms with Gasteiger partial charge in [0.25, 0.3) is 0 Å². The van der Waals surface area contributed by atoms with E-state index in [0.29, 0.717) is 0 Å². The summed E-state index contributed by atoms with van der Waals surface area (Å²) < 4.78 is 35.0. The lowest BCUT2D eigenvalue weighted by Gasteiger charge is -2.13. The SMILES string of the molecule is CCS(=O)(=O)C(F)(Cl)C(=O)OC. The van der Waals surface area contributed by atoms with Crippen LogP contribution in [0.15, 0.2) is 0 Å². The zero-order chi connectivity index (χ0) is 9.99. The number of hydrogen-bond acceptors (Lipinski definition) is 4. The summed E-state index contributed by atoms with van der Waals surface area (Å²) in [6, 6.07) is 0. The van der Waals surface area contributed by atoms with Crippen LogP contribution >= 0.6 is 11.6 Å². The van der Waals surface area contributed by atoms with Crippen molar-refractivity contribution in [3.63, 3.8) is 0 Å². The van der Waals surface area contributed by atoms with Crippen molar-refractivity contribution < 1.29 is 22.3 Å². The van der Waals surface area contributed by atoms with Gasteiger partial charge in [0, 0.05) is 0 Å². The van der Waals surface area contributed by atoms with Crippen LogP contribution in [-0.2, 0) is 19.4 Å². The number of carbonyl (C=O) groups excluding carboxylic acids is 1. The van der Waals surface area contributed by atoms with Gasteiger partial charge in [0.15, 0.2) is 0 Å². The van der Waals surface area contributed by atoms with Gasteiger partial charge < -0.3 is 4.74 Å². The molecule has 0 amide bonds. The second kappa shape index (κ2) is 3.57. The first kappa shape index (κ1) is 11.6. The number of alkyl halides is 2. The standard InChI is InChI=1S/C5H8ClFO4S/c1-3-12(9,10)5(6,7)4(8)11-2/h3H2,1-2H3. The van der Waals surface area contributed by atoms with E-state index in [1.165, 1.54) is 6.92 Å². The topological polar surface area (TPSA) is 60.4 Å². The molecule has 0 aromatic rings. The highest BCUT2D eigenvalue weighted by atomic mass is 35.5. The predicted molar refractivity (Wildman–Crippen MR) is 41.2 cm³/mol. The van der Waals surface area contributed by atoms with Gasteiger partial charge in [-0.05, 0) is 0 Å². The highest BCUT2D eigenvalue weighted by Crippen LogP contribution is 2.26. The van der Waals surface area contributed by atoms with E-state index in [1.807, 2.05) is 0 Å². The Morgan fingerprint density at radius 3 is 2.33 bits per heavy atom. The van der Waals surface area contributed by atoms with E-state index >= 15 is 0 Å². The number of ether oxygens (including phenoxy) is 1. The zero-order valence-electron chi connectivity index (χ0n) is 6.50. The van der Waals surface area contributed by atoms with E-state index in [2.05, 4.69) is 4.74 Å². The quantitative estimate of drug-likeness (QED) is 0.510. The van der Waals surface area contributed by atoms with Crippen molar-refractivity contribution in [2.24, 2.45) is 0 Å². The molecular formula is C5H8ClFO4S. The van der Waals surface area contributed by atoms with E-state index in [4.69, 9.17) is 11.6 Å². The molecule has 4 nitrogen and oxygen atoms in total. The number of methoxy groups -OCH3 is 1. The Kier molecular flexibility index (Phi) is 3.46. The fraction of sp³-hybridized carbons (Fsp3) is 0.800. The summed E-state index contributed by atoms with van der Waals surface area (Å²) in [4.78, 5) is 10.5. The average Bonchev–Trinajstić information content (AvgIpc) is 2.02. The molecule has 7 heteroatoms. The van der Waals surface area contributed by atoms with Gasteiger partial charge in [0.05, 0.1) is 12.9 Å². The fourth-order valence-electron chi connectivity index (χ4n) is 0.427. The zero-order valence-corrected chi connectivity index (χ0v) is 8.08. The molecule has 72 valence electrons. The summed E-state index contributed by atoms with van der Waals surface area (Å²) in [5, 5.41) is 0. The minimum Gasteiger partial charge on any atom is -0.465 e. The molecule has 0 aliphatic rings. The molecule has 0 N–H and O–H groups in total. The maximum Gasteiger partial charge on any atom is 0.378 e. The van der Waals surface area contributed by atoms with Gasteiger partial charge in [-0.15, -0.1) is 0 Å². The van der Waals surface area contributed by atoms with Crippen LogP contribution in [-0.4, -0.2) is 31.7 Å². The van der Waals surface area contributed by atoms with E-state index < -0.39 is 26.0 Å². The normalized spacial score (nSPS) is 16.7. The van der Waals surface area contributed by atoms with Crippen molar-refractivity contribution in [2.45, 2.75) is 11.4 Å². The van der Waals surface area contributed by atoms with Gasteiger partial charge in [-0.2, -0.15) is 4.39 Å². The Morgan fingerprint density at radius 1 is 1.67 bits per heavy atom. The average molecular weight is 219 g/mol. The first-order valence-corrected chi connectivity index (χ1v) is 5.01. The van der Waals surface area contributed by atoms with Crippen LogP contribution in [0.4, 0.5) is 4.39 Å². The Balaban J connectivity index is 4.99. The fourth-order valence-corrected chi connectivity index (χ4v) is 1.53. The van der Waals surface area contributed by atoms with Crippen molar-refractivity contribution in [1.29, 1.82) is 0 Å². The van der Waals surface area contributed by atoms with Crippen molar-refractivity contribution in [2.75, 3.05) is 12.9 Å². The Bertz CT molecular complexity index is 271. The maximum atomic E-state index is 13.0. The number of hydrogen-bond donors (Lipinski definition) is 0. The largest absolute Gasteiger partial charge is 0.465 e. The van der Waals surface area contributed by atoms with Gasteiger partial charge in [-0.25, -0.2) is 13.2 Å². The minimum atomic E-state index is -4.28. The number of halogens is 2. The Hall–Kier alpha value is -0.360. The molecule has 0 saturated carbocycles. The van der Waals surface area contributed by atoms with Crippen LogP contribution in [0.1, 0.15) is 6.92 Å². The van der Waals surface area contributed by atoms with Crippen LogP contribution in [0.3, 0.4) is 0 Å². The van der Waals surface area contributed by atoms with Crippen molar-refractivity contribution in [3.05, 3.63) is 0 Å². The smallest absolute Gasteiger partial charge is 0.378 e. The van der Waals surface area contributed by atoms with Crippen LogP contribution in [0.5, 0.6) is 0 Å². The van der Waals surface area contributed by atoms with E-state index in [-0.39, 0.29) is 0 Å². The molecule has 0 spiro atoms. The van der Waals surface area contributed by atoms with Crippen LogP contribution < -0.4 is 0 Å². The third-order valence-electron chi connectivity index (χ3n) is 1.19. The summed E-state index contributed by atoms with van der Waals surface area (Å²) in [5.41, 5.74) is 0. The molecule has 0 bridgehead atoms. The first-order valence-electron chi connectivity index (χ1n) is 2.98. The lowest BCUT2D eigenvalue weighted by atomic mass is 10.7. The third kappa shape index (κ3) is 1.87. The van der Waals surface area contributed by atoms with E-state index in [9.17, 15) is 17.6 Å². The predicted octanol–water partition coefficient (Wildman–Crippen LogP) is 0.456. The number of rotatable bonds is 3. The molecule has 0 aromatic heterocycles. The molecule has 0 aliphatic heterocycles. The lowest BCUT2D eigenvalue weighted by Crippen LogP contribution is -2.38. The minimum absolute atomic E-state index is 0.567. The molecule has 0 radical (unpaired) electrons. The molecular weight excluding hydrogens is 211 g/mol. The Morgan fingerprint density at radius 2 is 2.08 bits per heavy atom. The van der Waals surface area contributed by atoms with Crippen LogP contribution in [0, 0.1) is 0 Å². The van der Waals surface area contributed by atoms with Gasteiger partial charge in [-0.3, -0.25) is 0 Å². The summed E-state index contributed by atoms with van der Waals surface area (Å²) >= 11 is 4.85. The van der Waals surface area contributed by atoms with Crippen LogP contribution in [0.2, 0.25) is 0 Å². The highest BCUT2D eigenvalue weighted by molar-refractivity contribution is 7.94. The summed E-state index contributed by atoms with van der Waals surface area (Å²) in [6.45, 7) is 1.18. The van der Waals surface area contributed by atoms with Gasteiger partial charge in [0.2, 0.25) is 9.84 Å². The number of esters is 1. The number of carbonyl (C=O) groups is 1. The Labute approximate surface area is 74.6 Å². The summed E-state index contributed by atoms with van der Waals surface area (Å²) in [6.07, 6.45) is 0. The maximum absolute atomic E-state index is 13.0. The van der Waals surface area contributed by atoms with E-state index in [1.54, 1.807) is 0 Å². The molecule has 1 atom stereocenters. The van der Waals surface area contributed by atoms with Crippen molar-refractivity contribution >= 4 is 27.4 Å². The molecule has 0 rings (SSSR count). The second-order valence-electron chi connectivity index (χ2n) is 1.91. The van der Waals surface area contributed by atoms with Crippen molar-refractivity contribution in [1.82, 2.24) is 0 Å². The summed E-state index contributed by atoms with van der Waals surface area (Å²) in [5.74, 6) is -2.19. The molecule has 0 saturated heterocycles. The monoisotopic (exact) mass is 218 g/mol. The molecule has 0 heterocycles. The van der Waals surface area contributed by atoms with Crippen LogP contribution in [0.25, 0.3) is 0 Å². The van der Waals surface area contributed by atoms with Gasteiger partial charge in [-0.1, -0.05) is 18.5 Å². The molecule has 0 aliphatic carbocycles. The molecule has 1 unspecified atom stereocenters. The second-order valence-corrected chi connectivity index (χ2v) is 5.03. The molecule has 0 aromatic carbocycles. The number of sulfone groups is 1. The van der Waals surface area contributed by atoms with E-state index in [0.717, 1.165) is 7.11 Å². The molecule has 0 fully saturated rings. The highest BCUT2D eigenvalue weighted by Gasteiger charge is 2.50. The molecule has 12 heavy (non-hydrogen) atoms. The third-order valence-corrected chi connectivity index (χ3v) is 3.76. The first-order chi connectivity index (χ1) is 5.29. The van der Waals surface area contributed by atoms with Gasteiger partial charge in [0.1, 0.15) is 0 Å².